The number of hydroxylamine groups is 1. The third kappa shape index (κ3) is 5.41. The van der Waals surface area contributed by atoms with Gasteiger partial charge >= 0.3 is 5.97 Å². The topological polar surface area (TPSA) is 162 Å². The zero-order valence-corrected chi connectivity index (χ0v) is 20.6. The fourth-order valence-electron chi connectivity index (χ4n) is 4.33. The van der Waals surface area contributed by atoms with Crippen molar-refractivity contribution in [3.63, 3.8) is 0 Å². The summed E-state index contributed by atoms with van der Waals surface area (Å²) in [6, 6.07) is -2.83. The molecule has 0 aromatic carbocycles. The van der Waals surface area contributed by atoms with Gasteiger partial charge in [0.05, 0.1) is 7.11 Å². The maximum atomic E-state index is 13.6. The average Bonchev–Trinajstić information content (AvgIpc) is 3.28. The summed E-state index contributed by atoms with van der Waals surface area (Å²) >= 11 is 1.30. The first-order valence-corrected chi connectivity index (χ1v) is 12.4. The van der Waals surface area contributed by atoms with Gasteiger partial charge in [-0.3, -0.25) is 28.9 Å². The molecule has 2 saturated heterocycles. The van der Waals surface area contributed by atoms with Crippen molar-refractivity contribution < 1.29 is 38.7 Å². The lowest BCUT2D eigenvalue weighted by atomic mass is 9.81. The van der Waals surface area contributed by atoms with Crippen LogP contribution in [-0.2, 0) is 33.6 Å². The molecule has 2 rings (SSSR count). The first kappa shape index (κ1) is 27.7. The molecule has 4 atom stereocenters. The van der Waals surface area contributed by atoms with E-state index in [2.05, 4.69) is 10.8 Å². The van der Waals surface area contributed by atoms with Gasteiger partial charge < -0.3 is 20.2 Å². The lowest BCUT2D eigenvalue weighted by Crippen LogP contribution is -2.69. The van der Waals surface area contributed by atoms with Crippen LogP contribution in [0.15, 0.2) is 0 Å². The number of Topliss-reactive ketones (excluding diaryl/α,β-unsaturated/α-hetero) is 1. The van der Waals surface area contributed by atoms with Crippen molar-refractivity contribution in [3.8, 4) is 0 Å². The number of hydrogen-bond donors (Lipinski definition) is 3. The number of carboxylic acids is 1. The van der Waals surface area contributed by atoms with E-state index in [1.54, 1.807) is 6.26 Å². The maximum Gasteiger partial charge on any atom is 0.337 e. The van der Waals surface area contributed by atoms with E-state index in [9.17, 15) is 33.9 Å². The van der Waals surface area contributed by atoms with Crippen LogP contribution in [0.4, 0.5) is 0 Å². The Morgan fingerprint density at radius 3 is 2.47 bits per heavy atom. The van der Waals surface area contributed by atoms with Crippen LogP contribution < -0.4 is 10.8 Å². The van der Waals surface area contributed by atoms with Crippen LogP contribution >= 0.6 is 11.8 Å². The number of nitrogens with zero attached hydrogens (tertiary/aromatic N) is 2. The van der Waals surface area contributed by atoms with Crippen molar-refractivity contribution in [1.82, 2.24) is 20.6 Å². The molecule has 0 aliphatic carbocycles. The van der Waals surface area contributed by atoms with Crippen LogP contribution in [0.2, 0.25) is 0 Å². The number of rotatable bonds is 10. The first-order chi connectivity index (χ1) is 16.0. The second kappa shape index (κ2) is 11.8. The Hall–Kier alpha value is -2.51. The Labute approximate surface area is 202 Å². The summed E-state index contributed by atoms with van der Waals surface area (Å²) < 4.78 is 0. The van der Waals surface area contributed by atoms with Crippen molar-refractivity contribution in [3.05, 3.63) is 0 Å². The SMILES string of the molecule is CON[C@@H](C)C(=O)N[C@@H](C)C(=O)N1CCC[C@H]1C(=O)N1C(=O)CCC(=O)[C@]1(CCSC)C(=O)O. The predicted molar refractivity (Wildman–Crippen MR) is 121 cm³/mol. The molecule has 0 aromatic rings. The summed E-state index contributed by atoms with van der Waals surface area (Å²) in [7, 11) is 1.35. The highest BCUT2D eigenvalue weighted by atomic mass is 32.2. The number of aliphatic carboxylic acids is 1. The van der Waals surface area contributed by atoms with E-state index in [0.29, 0.717) is 11.3 Å². The zero-order valence-electron chi connectivity index (χ0n) is 19.8. The molecule has 0 saturated carbocycles. The molecule has 34 heavy (non-hydrogen) atoms. The van der Waals surface area contributed by atoms with Crippen LogP contribution in [0.25, 0.3) is 0 Å². The lowest BCUT2D eigenvalue weighted by molar-refractivity contribution is -0.176. The number of ketones is 1. The van der Waals surface area contributed by atoms with Gasteiger partial charge in [0.1, 0.15) is 18.1 Å². The minimum atomic E-state index is -2.28. The van der Waals surface area contributed by atoms with Gasteiger partial charge in [0.2, 0.25) is 23.3 Å². The zero-order chi connectivity index (χ0) is 25.6. The van der Waals surface area contributed by atoms with Gasteiger partial charge in [0, 0.05) is 19.4 Å². The summed E-state index contributed by atoms with van der Waals surface area (Å²) in [6.07, 6.45) is 1.66. The minimum absolute atomic E-state index is 0.197. The van der Waals surface area contributed by atoms with Crippen LogP contribution in [0.1, 0.15) is 46.0 Å². The minimum Gasteiger partial charge on any atom is -0.479 e. The van der Waals surface area contributed by atoms with Gasteiger partial charge in [-0.1, -0.05) is 0 Å². The number of piperidine rings is 1. The second-order valence-electron chi connectivity index (χ2n) is 8.36. The highest BCUT2D eigenvalue weighted by molar-refractivity contribution is 7.98. The van der Waals surface area contributed by atoms with Gasteiger partial charge in [-0.25, -0.2) is 4.79 Å². The van der Waals surface area contributed by atoms with E-state index in [-0.39, 0.29) is 38.0 Å². The number of carbonyl (C=O) groups excluding carboxylic acids is 5. The molecule has 12 nitrogen and oxygen atoms in total. The quantitative estimate of drug-likeness (QED) is 0.199. The molecule has 2 aliphatic rings. The summed E-state index contributed by atoms with van der Waals surface area (Å²) in [5.74, 6) is -4.66. The lowest BCUT2D eigenvalue weighted by Gasteiger charge is -2.43. The summed E-state index contributed by atoms with van der Waals surface area (Å²) in [5, 5.41) is 12.5. The molecule has 0 bridgehead atoms. The van der Waals surface area contributed by atoms with E-state index in [1.807, 2.05) is 0 Å². The third-order valence-corrected chi connectivity index (χ3v) is 6.75. The van der Waals surface area contributed by atoms with Crippen LogP contribution in [0, 0.1) is 0 Å². The number of carbonyl (C=O) groups is 6. The number of thioether (sulfide) groups is 1. The van der Waals surface area contributed by atoms with Gasteiger partial charge in [-0.2, -0.15) is 17.2 Å². The largest absolute Gasteiger partial charge is 0.479 e. The van der Waals surface area contributed by atoms with Crippen molar-refractivity contribution in [2.75, 3.05) is 25.7 Å². The molecule has 3 N–H and O–H groups in total. The van der Waals surface area contributed by atoms with Gasteiger partial charge in [0.25, 0.3) is 5.91 Å². The van der Waals surface area contributed by atoms with Crippen molar-refractivity contribution in [2.45, 2.75) is 69.6 Å². The molecule has 4 amide bonds. The molecule has 190 valence electrons. The summed E-state index contributed by atoms with van der Waals surface area (Å²) in [4.78, 5) is 83.4. The Morgan fingerprint density at radius 2 is 1.88 bits per heavy atom. The smallest absolute Gasteiger partial charge is 0.337 e. The van der Waals surface area contributed by atoms with Gasteiger partial charge in [0.15, 0.2) is 5.78 Å². The molecule has 0 radical (unpaired) electrons. The molecule has 0 aromatic heterocycles. The number of amides is 4. The molecule has 2 aliphatic heterocycles. The maximum absolute atomic E-state index is 13.6. The van der Waals surface area contributed by atoms with Crippen molar-refractivity contribution >= 4 is 47.1 Å². The Bertz CT molecular complexity index is 853. The molecule has 0 spiro atoms. The van der Waals surface area contributed by atoms with Gasteiger partial charge in [-0.05, 0) is 45.1 Å². The van der Waals surface area contributed by atoms with Crippen LogP contribution in [0.3, 0.4) is 0 Å². The van der Waals surface area contributed by atoms with Crippen molar-refractivity contribution in [2.24, 2.45) is 0 Å². The molecule has 2 fully saturated rings. The molecular formula is C21H32N4O8S. The van der Waals surface area contributed by atoms with E-state index in [4.69, 9.17) is 4.84 Å². The van der Waals surface area contributed by atoms with Crippen LogP contribution in [0.5, 0.6) is 0 Å². The van der Waals surface area contributed by atoms with Crippen molar-refractivity contribution in [1.29, 1.82) is 0 Å². The Balaban J connectivity index is 2.30. The second-order valence-corrected chi connectivity index (χ2v) is 9.35. The Kier molecular flexibility index (Phi) is 9.59. The number of hydrogen-bond acceptors (Lipinski definition) is 9. The molecule has 0 unspecified atom stereocenters. The Morgan fingerprint density at radius 1 is 1.21 bits per heavy atom. The standard InChI is InChI=1S/C21H32N4O8S/c1-12(23-33-3)17(28)22-13(2)18(29)24-10-5-6-14(24)19(30)25-16(27)8-7-15(26)21(25,20(31)32)9-11-34-4/h12-14,23H,5-11H2,1-4H3,(H,22,28)(H,31,32)/t12-,13-,14-,21+/m0/s1. The number of likely N-dealkylation sites (tertiary alicyclic amines) is 2. The van der Waals surface area contributed by atoms with E-state index in [1.165, 1.54) is 37.6 Å². The monoisotopic (exact) mass is 500 g/mol. The number of imide groups is 1. The average molecular weight is 501 g/mol. The summed E-state index contributed by atoms with van der Waals surface area (Å²) in [5.41, 5.74) is 0.166. The normalized spacial score (nSPS) is 24.6. The summed E-state index contributed by atoms with van der Waals surface area (Å²) in [6.45, 7) is 3.20. The van der Waals surface area contributed by atoms with Gasteiger partial charge in [-0.15, -0.1) is 0 Å². The highest BCUT2D eigenvalue weighted by Crippen LogP contribution is 2.34. The predicted octanol–water partition coefficient (Wildman–Crippen LogP) is -0.684. The third-order valence-electron chi connectivity index (χ3n) is 6.14. The van der Waals surface area contributed by atoms with E-state index < -0.39 is 59.0 Å². The molecule has 2 heterocycles. The fraction of sp³-hybridized carbons (Fsp3) is 0.714. The molecular weight excluding hydrogens is 468 g/mol. The van der Waals surface area contributed by atoms with E-state index in [0.717, 1.165) is 0 Å². The fourth-order valence-corrected chi connectivity index (χ4v) is 4.83. The molecule has 13 heteroatoms. The highest BCUT2D eigenvalue weighted by Gasteiger charge is 2.59. The number of nitrogens with one attached hydrogen (secondary N) is 2. The van der Waals surface area contributed by atoms with E-state index >= 15 is 0 Å². The number of carboxylic acid groups (broad SMARTS) is 1. The first-order valence-electron chi connectivity index (χ1n) is 11.0. The van der Waals surface area contributed by atoms with Crippen LogP contribution in [-0.4, -0.2) is 99.6 Å².